The highest BCUT2D eigenvalue weighted by Crippen LogP contribution is 2.27. The summed E-state index contributed by atoms with van der Waals surface area (Å²) >= 11 is 0. The summed E-state index contributed by atoms with van der Waals surface area (Å²) in [7, 11) is 0. The molecule has 0 aliphatic carbocycles. The molecule has 1 amide bonds. The van der Waals surface area contributed by atoms with Gasteiger partial charge in [0, 0.05) is 17.9 Å². The van der Waals surface area contributed by atoms with Crippen molar-refractivity contribution in [3.8, 4) is 0 Å². The summed E-state index contributed by atoms with van der Waals surface area (Å²) in [5.41, 5.74) is 2.47. The second-order valence-corrected chi connectivity index (χ2v) is 6.57. The first kappa shape index (κ1) is 17.2. The zero-order valence-electron chi connectivity index (χ0n) is 14.7. The van der Waals surface area contributed by atoms with Gasteiger partial charge in [0.2, 0.25) is 0 Å². The van der Waals surface area contributed by atoms with Gasteiger partial charge in [-0.3, -0.25) is 9.48 Å². The minimum Gasteiger partial charge on any atom is -0.379 e. The van der Waals surface area contributed by atoms with Crippen LogP contribution in [0.3, 0.4) is 0 Å². The zero-order chi connectivity index (χ0) is 19.0. The summed E-state index contributed by atoms with van der Waals surface area (Å²) in [5.74, 6) is -0.834. The fraction of sp³-hybridized carbons (Fsp3) is 0.200. The molecule has 0 spiro atoms. The number of amides is 1. The number of aromatic nitrogens is 2. The van der Waals surface area contributed by atoms with Crippen LogP contribution in [-0.2, 0) is 6.54 Å². The summed E-state index contributed by atoms with van der Waals surface area (Å²) < 4.78 is 28.2. The molecule has 0 radical (unpaired) electrons. The lowest BCUT2D eigenvalue weighted by atomic mass is 10.1. The Hall–Kier alpha value is -3.22. The van der Waals surface area contributed by atoms with Crippen molar-refractivity contribution < 1.29 is 13.6 Å². The number of benzene rings is 2. The standard InChI is InChI=1S/C20H18F2N4O/c1-13-12-25(18-7-5-14(21)6-8-18)20(27)19-10-17(24-26(13)19)11-23-16-4-2-3-15(22)9-16/h2-10,13,23H,11-12H2,1H3. The van der Waals surface area contributed by atoms with Crippen molar-refractivity contribution in [1.29, 1.82) is 0 Å². The number of nitrogens with one attached hydrogen (secondary N) is 1. The van der Waals surface area contributed by atoms with Gasteiger partial charge in [0.25, 0.3) is 5.91 Å². The average molecular weight is 368 g/mol. The summed E-state index contributed by atoms with van der Waals surface area (Å²) in [4.78, 5) is 14.5. The van der Waals surface area contributed by atoms with E-state index < -0.39 is 0 Å². The minimum absolute atomic E-state index is 0.0225. The predicted octanol–water partition coefficient (Wildman–Crippen LogP) is 3.99. The van der Waals surface area contributed by atoms with E-state index in [1.807, 2.05) is 6.92 Å². The third-order valence-corrected chi connectivity index (χ3v) is 4.55. The number of nitrogens with zero attached hydrogens (tertiary/aromatic N) is 3. The number of carbonyl (C=O) groups excluding carboxylic acids is 1. The van der Waals surface area contributed by atoms with E-state index >= 15 is 0 Å². The van der Waals surface area contributed by atoms with Gasteiger partial charge in [0.1, 0.15) is 17.3 Å². The van der Waals surface area contributed by atoms with Crippen molar-refractivity contribution in [3.63, 3.8) is 0 Å². The van der Waals surface area contributed by atoms with E-state index in [9.17, 15) is 13.6 Å². The summed E-state index contributed by atoms with van der Waals surface area (Å²) in [6.07, 6.45) is 0. The highest BCUT2D eigenvalue weighted by molar-refractivity contribution is 6.05. The summed E-state index contributed by atoms with van der Waals surface area (Å²) in [6.45, 7) is 2.80. The Kier molecular flexibility index (Phi) is 4.35. The lowest BCUT2D eigenvalue weighted by molar-refractivity contribution is 0.0953. The molecule has 0 saturated heterocycles. The molecule has 1 atom stereocenters. The molecule has 0 fully saturated rings. The Labute approximate surface area is 155 Å². The molecule has 4 rings (SSSR count). The van der Waals surface area contributed by atoms with Crippen LogP contribution in [0.15, 0.2) is 54.6 Å². The Morgan fingerprint density at radius 3 is 2.63 bits per heavy atom. The molecule has 0 bridgehead atoms. The van der Waals surface area contributed by atoms with Gasteiger partial charge < -0.3 is 10.2 Å². The van der Waals surface area contributed by atoms with Gasteiger partial charge >= 0.3 is 0 Å². The monoisotopic (exact) mass is 368 g/mol. The molecule has 7 heteroatoms. The molecule has 1 aromatic heterocycles. The quantitative estimate of drug-likeness (QED) is 0.757. The Morgan fingerprint density at radius 2 is 1.89 bits per heavy atom. The Morgan fingerprint density at radius 1 is 1.11 bits per heavy atom. The van der Waals surface area contributed by atoms with Gasteiger partial charge in [0.05, 0.1) is 18.3 Å². The second kappa shape index (κ2) is 6.83. The molecule has 138 valence electrons. The summed E-state index contributed by atoms with van der Waals surface area (Å²) in [5, 5.41) is 7.62. The average Bonchev–Trinajstić information content (AvgIpc) is 3.09. The Balaban J connectivity index is 1.55. The predicted molar refractivity (Wildman–Crippen MR) is 98.7 cm³/mol. The molecule has 1 unspecified atom stereocenters. The van der Waals surface area contributed by atoms with E-state index in [0.29, 0.717) is 35.9 Å². The maximum Gasteiger partial charge on any atom is 0.276 e. The third-order valence-electron chi connectivity index (χ3n) is 4.55. The van der Waals surface area contributed by atoms with E-state index in [2.05, 4.69) is 10.4 Å². The number of halogens is 2. The molecule has 3 aromatic rings. The highest BCUT2D eigenvalue weighted by Gasteiger charge is 2.31. The zero-order valence-corrected chi connectivity index (χ0v) is 14.7. The van der Waals surface area contributed by atoms with Gasteiger partial charge in [-0.25, -0.2) is 8.78 Å². The van der Waals surface area contributed by atoms with Gasteiger partial charge in [0.15, 0.2) is 0 Å². The molecule has 2 aromatic carbocycles. The first-order chi connectivity index (χ1) is 13.0. The van der Waals surface area contributed by atoms with Crippen LogP contribution in [0.1, 0.15) is 29.1 Å². The van der Waals surface area contributed by atoms with Crippen LogP contribution in [0.5, 0.6) is 0 Å². The van der Waals surface area contributed by atoms with Crippen molar-refractivity contribution in [1.82, 2.24) is 9.78 Å². The van der Waals surface area contributed by atoms with Crippen molar-refractivity contribution in [2.24, 2.45) is 0 Å². The van der Waals surface area contributed by atoms with Crippen molar-refractivity contribution in [2.75, 3.05) is 16.8 Å². The number of hydrogen-bond donors (Lipinski definition) is 1. The largest absolute Gasteiger partial charge is 0.379 e. The number of rotatable bonds is 4. The van der Waals surface area contributed by atoms with Gasteiger partial charge in [-0.15, -0.1) is 0 Å². The molecule has 0 saturated carbocycles. The fourth-order valence-corrected chi connectivity index (χ4v) is 3.22. The van der Waals surface area contributed by atoms with Crippen LogP contribution in [0, 0.1) is 11.6 Å². The normalized spacial score (nSPS) is 16.3. The van der Waals surface area contributed by atoms with Crippen molar-refractivity contribution in [2.45, 2.75) is 19.5 Å². The summed E-state index contributed by atoms with van der Waals surface area (Å²) in [6, 6.07) is 13.8. The van der Waals surface area contributed by atoms with E-state index in [1.165, 1.54) is 24.3 Å². The molecule has 1 aliphatic heterocycles. The van der Waals surface area contributed by atoms with Crippen LogP contribution in [-0.4, -0.2) is 22.2 Å². The smallest absolute Gasteiger partial charge is 0.276 e. The first-order valence-corrected chi connectivity index (χ1v) is 8.66. The first-order valence-electron chi connectivity index (χ1n) is 8.66. The number of carbonyl (C=O) groups is 1. The van der Waals surface area contributed by atoms with Crippen LogP contribution in [0.4, 0.5) is 20.2 Å². The van der Waals surface area contributed by atoms with Gasteiger partial charge in [-0.1, -0.05) is 6.07 Å². The third kappa shape index (κ3) is 3.40. The molecule has 5 nitrogen and oxygen atoms in total. The lowest BCUT2D eigenvalue weighted by Gasteiger charge is -2.31. The van der Waals surface area contributed by atoms with Crippen LogP contribution in [0.25, 0.3) is 0 Å². The van der Waals surface area contributed by atoms with Gasteiger partial charge in [-0.05, 0) is 55.5 Å². The number of fused-ring (bicyclic) bond motifs is 1. The number of hydrogen-bond acceptors (Lipinski definition) is 3. The maximum absolute atomic E-state index is 13.3. The molecule has 1 aliphatic rings. The topological polar surface area (TPSA) is 50.2 Å². The van der Waals surface area contributed by atoms with E-state index in [1.54, 1.807) is 39.9 Å². The second-order valence-electron chi connectivity index (χ2n) is 6.57. The lowest BCUT2D eigenvalue weighted by Crippen LogP contribution is -2.42. The minimum atomic E-state index is -0.341. The molecule has 2 heterocycles. The van der Waals surface area contributed by atoms with E-state index in [4.69, 9.17) is 0 Å². The van der Waals surface area contributed by atoms with Crippen molar-refractivity contribution >= 4 is 17.3 Å². The molecular weight excluding hydrogens is 350 g/mol. The van der Waals surface area contributed by atoms with Crippen molar-refractivity contribution in [3.05, 3.63) is 77.6 Å². The Bertz CT molecular complexity index is 984. The molecular formula is C20H18F2N4O. The number of anilines is 2. The molecule has 27 heavy (non-hydrogen) atoms. The highest BCUT2D eigenvalue weighted by atomic mass is 19.1. The SMILES string of the molecule is CC1CN(c2ccc(F)cc2)C(=O)c2cc(CNc3cccc(F)c3)nn21. The molecule has 1 N–H and O–H groups in total. The maximum atomic E-state index is 13.3. The van der Waals surface area contributed by atoms with E-state index in [-0.39, 0.29) is 23.6 Å². The van der Waals surface area contributed by atoms with E-state index in [0.717, 1.165) is 0 Å². The van der Waals surface area contributed by atoms with Crippen LogP contribution < -0.4 is 10.2 Å². The van der Waals surface area contributed by atoms with Crippen LogP contribution in [0.2, 0.25) is 0 Å². The van der Waals surface area contributed by atoms with Gasteiger partial charge in [-0.2, -0.15) is 5.10 Å². The van der Waals surface area contributed by atoms with Crippen LogP contribution >= 0.6 is 0 Å². The fourth-order valence-electron chi connectivity index (χ4n) is 3.22.